The lowest BCUT2D eigenvalue weighted by atomic mass is 10.1. The maximum absolute atomic E-state index is 12.8. The number of ether oxygens (including phenoxy) is 2. The number of methoxy groups -OCH3 is 1. The maximum atomic E-state index is 12.8. The molecule has 0 saturated carbocycles. The van der Waals surface area contributed by atoms with E-state index in [4.69, 9.17) is 9.47 Å². The largest absolute Gasteiger partial charge is 0.493 e. The Morgan fingerprint density at radius 2 is 1.60 bits per heavy atom. The van der Waals surface area contributed by atoms with Crippen molar-refractivity contribution in [2.45, 2.75) is 6.54 Å². The zero-order valence-corrected chi connectivity index (χ0v) is 19.5. The van der Waals surface area contributed by atoms with Gasteiger partial charge in [0, 0.05) is 24.9 Å². The van der Waals surface area contributed by atoms with E-state index in [1.54, 1.807) is 61.1 Å². The summed E-state index contributed by atoms with van der Waals surface area (Å²) in [4.78, 5) is 38.7. The second kappa shape index (κ2) is 10.1. The summed E-state index contributed by atoms with van der Waals surface area (Å²) in [6, 6.07) is 19.3. The highest BCUT2D eigenvalue weighted by Gasteiger charge is 2.13. The lowest BCUT2D eigenvalue weighted by molar-refractivity contribution is -0.121. The van der Waals surface area contributed by atoms with Crippen molar-refractivity contribution in [1.29, 1.82) is 0 Å². The second-order valence-corrected chi connectivity index (χ2v) is 7.92. The van der Waals surface area contributed by atoms with Crippen molar-refractivity contribution in [1.82, 2.24) is 14.9 Å². The monoisotopic (exact) mass is 472 g/mol. The minimum absolute atomic E-state index is 0.0264. The molecule has 0 atom stereocenters. The van der Waals surface area contributed by atoms with Crippen LogP contribution in [0.5, 0.6) is 11.5 Å². The molecule has 9 heteroatoms. The molecule has 0 aliphatic carbocycles. The molecule has 2 amide bonds. The van der Waals surface area contributed by atoms with Crippen LogP contribution in [0.25, 0.3) is 21.8 Å². The Hall–Kier alpha value is -4.66. The molecule has 4 aromatic rings. The number of rotatable bonds is 6. The Kier molecular flexibility index (Phi) is 6.77. The molecule has 0 saturated heterocycles. The fraction of sp³-hybridized carbons (Fsp3) is 0.154. The Morgan fingerprint density at radius 3 is 2.20 bits per heavy atom. The van der Waals surface area contributed by atoms with Crippen LogP contribution in [-0.2, 0) is 11.3 Å². The molecule has 35 heavy (non-hydrogen) atoms. The summed E-state index contributed by atoms with van der Waals surface area (Å²) in [6.07, 6.45) is 0.930. The molecule has 1 aromatic heterocycles. The highest BCUT2D eigenvalue weighted by Crippen LogP contribution is 2.28. The van der Waals surface area contributed by atoms with Crippen LogP contribution in [0.4, 0.5) is 4.79 Å². The zero-order valence-electron chi connectivity index (χ0n) is 19.5. The Bertz CT molecular complexity index is 1450. The van der Waals surface area contributed by atoms with Crippen molar-refractivity contribution in [2.75, 3.05) is 21.2 Å². The molecule has 0 aliphatic heterocycles. The lowest BCUT2D eigenvalue weighted by Crippen LogP contribution is -2.25. The third-order valence-corrected chi connectivity index (χ3v) is 5.33. The highest BCUT2D eigenvalue weighted by molar-refractivity contribution is 5.95. The first-order valence-electron chi connectivity index (χ1n) is 10.8. The number of carbonyl (C=O) groups excluding carboxylic acids is 2. The summed E-state index contributed by atoms with van der Waals surface area (Å²) < 4.78 is 12.4. The van der Waals surface area contributed by atoms with Crippen LogP contribution in [0.3, 0.4) is 0 Å². The summed E-state index contributed by atoms with van der Waals surface area (Å²) in [6.45, 7) is -0.0264. The van der Waals surface area contributed by atoms with Crippen LogP contribution in [-0.4, -0.2) is 48.9 Å². The van der Waals surface area contributed by atoms with E-state index in [0.29, 0.717) is 33.1 Å². The van der Waals surface area contributed by atoms with Gasteiger partial charge >= 0.3 is 6.09 Å². The van der Waals surface area contributed by atoms with E-state index in [9.17, 15) is 14.4 Å². The van der Waals surface area contributed by atoms with Gasteiger partial charge in [-0.25, -0.2) is 10.2 Å². The third kappa shape index (κ3) is 4.98. The molecule has 0 spiro atoms. The summed E-state index contributed by atoms with van der Waals surface area (Å²) in [5, 5.41) is 5.13. The molecule has 3 aromatic carbocycles. The van der Waals surface area contributed by atoms with Crippen LogP contribution in [0.1, 0.15) is 5.56 Å². The number of hydrogen-bond donors (Lipinski definition) is 1. The highest BCUT2D eigenvalue weighted by atomic mass is 16.6. The van der Waals surface area contributed by atoms with Crippen molar-refractivity contribution in [2.24, 2.45) is 5.10 Å². The molecular weight excluding hydrogens is 448 g/mol. The van der Waals surface area contributed by atoms with E-state index in [-0.39, 0.29) is 23.6 Å². The molecular formula is C26H24N4O5. The van der Waals surface area contributed by atoms with Crippen LogP contribution >= 0.6 is 0 Å². The molecule has 0 unspecified atom stereocenters. The number of para-hydroxylation sites is 2. The number of nitrogens with one attached hydrogen (secondary N) is 1. The van der Waals surface area contributed by atoms with E-state index in [1.807, 2.05) is 24.3 Å². The molecule has 4 rings (SSSR count). The van der Waals surface area contributed by atoms with Gasteiger partial charge in [0.2, 0.25) is 0 Å². The molecule has 0 bridgehead atoms. The maximum Gasteiger partial charge on any atom is 0.414 e. The first-order chi connectivity index (χ1) is 16.9. The molecule has 9 nitrogen and oxygen atoms in total. The normalized spacial score (nSPS) is 11.1. The van der Waals surface area contributed by atoms with Crippen molar-refractivity contribution in [3.63, 3.8) is 0 Å². The smallest absolute Gasteiger partial charge is 0.414 e. The van der Waals surface area contributed by atoms with E-state index in [1.165, 1.54) is 18.2 Å². The van der Waals surface area contributed by atoms with Crippen molar-refractivity contribution < 1.29 is 19.1 Å². The Morgan fingerprint density at radius 1 is 0.971 bits per heavy atom. The number of carbonyl (C=O) groups is 2. The van der Waals surface area contributed by atoms with E-state index in [0.717, 1.165) is 0 Å². The molecule has 0 fully saturated rings. The Balaban J connectivity index is 1.53. The van der Waals surface area contributed by atoms with Gasteiger partial charge in [0.05, 0.1) is 24.4 Å². The van der Waals surface area contributed by atoms with Gasteiger partial charge in [-0.1, -0.05) is 24.3 Å². The van der Waals surface area contributed by atoms with E-state index in [2.05, 4.69) is 10.5 Å². The van der Waals surface area contributed by atoms with Gasteiger partial charge in [-0.15, -0.1) is 0 Å². The zero-order chi connectivity index (χ0) is 24.9. The van der Waals surface area contributed by atoms with E-state index >= 15 is 0 Å². The number of aromatic nitrogens is 1. The fourth-order valence-electron chi connectivity index (χ4n) is 3.64. The third-order valence-electron chi connectivity index (χ3n) is 5.33. The van der Waals surface area contributed by atoms with E-state index < -0.39 is 6.09 Å². The van der Waals surface area contributed by atoms with Gasteiger partial charge in [-0.3, -0.25) is 9.59 Å². The standard InChI is InChI=1S/C26H24N4O5/c1-29(2)26(33)35-22-13-12-17(14-23(22)34-3)15-27-28-24(31)16-30-20-10-6-4-8-18(20)25(32)19-9-5-7-11-21(19)30/h4-15H,16H2,1-3H3,(H,28,31). The lowest BCUT2D eigenvalue weighted by Gasteiger charge is -2.14. The van der Waals surface area contributed by atoms with Crippen molar-refractivity contribution in [3.05, 3.63) is 82.5 Å². The molecule has 1 N–H and O–H groups in total. The van der Waals surface area contributed by atoms with Crippen molar-refractivity contribution in [3.8, 4) is 11.5 Å². The molecule has 0 radical (unpaired) electrons. The number of pyridine rings is 1. The molecule has 1 heterocycles. The number of benzene rings is 3. The summed E-state index contributed by atoms with van der Waals surface area (Å²) >= 11 is 0. The van der Waals surface area contributed by atoms with Gasteiger partial charge in [-0.05, 0) is 48.0 Å². The first-order valence-corrected chi connectivity index (χ1v) is 10.8. The number of fused-ring (bicyclic) bond motifs is 2. The summed E-state index contributed by atoms with van der Waals surface area (Å²) in [5.41, 5.74) is 4.42. The average molecular weight is 473 g/mol. The van der Waals surface area contributed by atoms with Crippen LogP contribution < -0.4 is 20.3 Å². The minimum Gasteiger partial charge on any atom is -0.493 e. The van der Waals surface area contributed by atoms with Crippen molar-refractivity contribution >= 4 is 40.0 Å². The van der Waals surface area contributed by atoms with Gasteiger partial charge in [0.1, 0.15) is 6.54 Å². The van der Waals surface area contributed by atoms with Crippen LogP contribution in [0.15, 0.2) is 76.6 Å². The average Bonchev–Trinajstić information content (AvgIpc) is 2.87. The predicted octanol–water partition coefficient (Wildman–Crippen LogP) is 3.37. The van der Waals surface area contributed by atoms with Gasteiger partial charge in [0.15, 0.2) is 16.9 Å². The number of hydrogen-bond acceptors (Lipinski definition) is 6. The second-order valence-electron chi connectivity index (χ2n) is 7.92. The minimum atomic E-state index is -0.528. The number of nitrogens with zero attached hydrogens (tertiary/aromatic N) is 3. The van der Waals surface area contributed by atoms with Crippen LogP contribution in [0, 0.1) is 0 Å². The van der Waals surface area contributed by atoms with Gasteiger partial charge in [0.25, 0.3) is 5.91 Å². The Labute approximate surface area is 201 Å². The number of hydrazone groups is 1. The molecule has 0 aliphatic rings. The van der Waals surface area contributed by atoms with Gasteiger partial charge < -0.3 is 18.9 Å². The fourth-order valence-corrected chi connectivity index (χ4v) is 3.64. The topological polar surface area (TPSA) is 102 Å². The molecule has 178 valence electrons. The number of amides is 2. The SMILES string of the molecule is COc1cc(C=NNC(=O)Cn2c3ccccc3c(=O)c3ccccc32)ccc1OC(=O)N(C)C. The first kappa shape index (κ1) is 23.5. The quantitative estimate of drug-likeness (QED) is 0.263. The van der Waals surface area contributed by atoms with Gasteiger partial charge in [-0.2, -0.15) is 5.10 Å². The van der Waals surface area contributed by atoms with Crippen LogP contribution in [0.2, 0.25) is 0 Å². The summed E-state index contributed by atoms with van der Waals surface area (Å²) in [7, 11) is 4.62. The summed E-state index contributed by atoms with van der Waals surface area (Å²) in [5.74, 6) is 0.259. The predicted molar refractivity (Wildman–Crippen MR) is 134 cm³/mol.